The van der Waals surface area contributed by atoms with E-state index in [-0.39, 0.29) is 62.0 Å². The van der Waals surface area contributed by atoms with Gasteiger partial charge in [0, 0.05) is 6.54 Å². The fourth-order valence-corrected chi connectivity index (χ4v) is 0.289. The van der Waals surface area contributed by atoms with Gasteiger partial charge in [-0.3, -0.25) is 0 Å². The van der Waals surface area contributed by atoms with Crippen molar-refractivity contribution in [2.45, 2.75) is 12.5 Å². The topological polar surface area (TPSA) is 46.2 Å². The van der Waals surface area contributed by atoms with Gasteiger partial charge in [-0.2, -0.15) is 0 Å². The zero-order valence-corrected chi connectivity index (χ0v) is 10.3. The Morgan fingerprint density at radius 1 is 1.67 bits per heavy atom. The van der Waals surface area contributed by atoms with Crippen LogP contribution in [0.2, 0.25) is 0 Å². The molecule has 2 nitrogen and oxygen atoms in total. The van der Waals surface area contributed by atoms with E-state index < -0.39 is 6.10 Å². The third-order valence-electron chi connectivity index (χ3n) is 0.711. The molecule has 0 aliphatic rings. The van der Waals surface area contributed by atoms with E-state index in [2.05, 4.69) is 6.58 Å². The largest absolute Gasteiger partial charge is 1.00 e. The van der Waals surface area contributed by atoms with Gasteiger partial charge < -0.3 is 13.7 Å². The van der Waals surface area contributed by atoms with Gasteiger partial charge in [0.25, 0.3) is 0 Å². The third-order valence-corrected chi connectivity index (χ3v) is 0.711. The molecule has 3 N–H and O–H groups in total. The first-order valence-electron chi connectivity index (χ1n) is 2.30. The Morgan fingerprint density at radius 2 is 2.11 bits per heavy atom. The molecule has 0 aliphatic carbocycles. The van der Waals surface area contributed by atoms with Crippen molar-refractivity contribution in [3.63, 3.8) is 0 Å². The monoisotopic (exact) mass is 149 g/mol. The summed E-state index contributed by atoms with van der Waals surface area (Å²) in [4.78, 5) is 0. The summed E-state index contributed by atoms with van der Waals surface area (Å²) in [5.74, 6) is 0. The number of rotatable bonds is 3. The Balaban J connectivity index is -0.0000000300. The van der Waals surface area contributed by atoms with E-state index in [1.54, 1.807) is 6.08 Å². The molecule has 0 aromatic carbocycles. The zero-order valence-electron chi connectivity index (χ0n) is 8.30. The van der Waals surface area contributed by atoms with E-state index in [0.29, 0.717) is 13.0 Å². The van der Waals surface area contributed by atoms with Gasteiger partial charge in [0.15, 0.2) is 0 Å². The van der Waals surface area contributed by atoms with Crippen molar-refractivity contribution in [3.05, 3.63) is 12.7 Å². The predicted molar refractivity (Wildman–Crippen MR) is 32.1 cm³/mol. The van der Waals surface area contributed by atoms with Crippen LogP contribution in [0, 0.1) is 0 Å². The Labute approximate surface area is 103 Å². The fourth-order valence-electron chi connectivity index (χ4n) is 0.289. The molecule has 0 heterocycles. The van der Waals surface area contributed by atoms with Crippen LogP contribution in [-0.2, 0) is 0 Å². The van der Waals surface area contributed by atoms with E-state index in [1.165, 1.54) is 0 Å². The van der Waals surface area contributed by atoms with E-state index >= 15 is 0 Å². The van der Waals surface area contributed by atoms with Crippen molar-refractivity contribution >= 4 is 0 Å². The second-order valence-electron chi connectivity index (χ2n) is 1.41. The number of hydrogen-bond donors (Lipinski definition) is 2. The maximum atomic E-state index is 8.66. The summed E-state index contributed by atoms with van der Waals surface area (Å²) in [5.41, 5.74) is 5.06. The van der Waals surface area contributed by atoms with Crippen molar-refractivity contribution in [3.8, 4) is 0 Å². The van der Waals surface area contributed by atoms with Gasteiger partial charge in [-0.05, 0) is 6.42 Å². The van der Waals surface area contributed by atoms with Crippen LogP contribution < -0.4 is 64.8 Å². The fraction of sp³-hybridized carbons (Fsp3) is 0.600. The summed E-state index contributed by atoms with van der Waals surface area (Å²) >= 11 is 0. The molecule has 0 amide bonds. The molecule has 4 heteroatoms. The van der Waals surface area contributed by atoms with Crippen molar-refractivity contribution in [2.75, 3.05) is 6.54 Å². The number of aliphatic hydroxyl groups excluding tert-OH is 1. The van der Waals surface area contributed by atoms with Crippen LogP contribution in [-0.4, -0.2) is 17.8 Å². The van der Waals surface area contributed by atoms with Crippen molar-refractivity contribution in [2.24, 2.45) is 5.73 Å². The molecule has 1 atom stereocenters. The van der Waals surface area contributed by atoms with Crippen LogP contribution >= 0.6 is 0 Å². The summed E-state index contributed by atoms with van der Waals surface area (Å²) in [6.45, 7) is 3.76. The number of hydrogen-bond acceptors (Lipinski definition) is 2. The molecule has 0 saturated carbocycles. The van der Waals surface area contributed by atoms with E-state index in [1.807, 2.05) is 0 Å². The number of nitrogens with two attached hydrogens (primary N) is 1. The quantitative estimate of drug-likeness (QED) is 0.310. The van der Waals surface area contributed by atoms with Gasteiger partial charge in [0.2, 0.25) is 0 Å². The van der Waals surface area contributed by atoms with Gasteiger partial charge >= 0.3 is 59.1 Å². The van der Waals surface area contributed by atoms with Gasteiger partial charge in [-0.15, -0.1) is 6.58 Å². The van der Waals surface area contributed by atoms with E-state index in [4.69, 9.17) is 10.8 Å². The van der Waals surface area contributed by atoms with Gasteiger partial charge in [-0.1, -0.05) is 6.08 Å². The predicted octanol–water partition coefficient (Wildman–Crippen LogP) is -5.88. The minimum atomic E-state index is -0.391. The second kappa shape index (κ2) is 12.3. The normalized spacial score (nSPS) is 10.4. The minimum absolute atomic E-state index is 0. The molecule has 9 heavy (non-hydrogen) atoms. The standard InChI is InChI=1S/C5H11NO.2Na.2H/c1-2-3-5(7)4-6;;;;/h2,5,7H,1,3-4,6H2;;;;/q;2*+1;2*-1. The van der Waals surface area contributed by atoms with Crippen LogP contribution in [0.25, 0.3) is 0 Å². The Hall–Kier alpha value is 1.66. The summed E-state index contributed by atoms with van der Waals surface area (Å²) in [7, 11) is 0. The van der Waals surface area contributed by atoms with Crippen molar-refractivity contribution in [1.29, 1.82) is 0 Å². The van der Waals surface area contributed by atoms with Gasteiger partial charge in [0.05, 0.1) is 6.10 Å². The first-order chi connectivity index (χ1) is 3.31. The zero-order chi connectivity index (χ0) is 5.70. The maximum absolute atomic E-state index is 8.66. The smallest absolute Gasteiger partial charge is 1.00 e. The van der Waals surface area contributed by atoms with Crippen molar-refractivity contribution < 1.29 is 67.1 Å². The van der Waals surface area contributed by atoms with E-state index in [9.17, 15) is 0 Å². The molecular formula is C5H13NNa2O. The molecular weight excluding hydrogens is 136 g/mol. The molecule has 0 rings (SSSR count). The molecule has 0 spiro atoms. The SMILES string of the molecule is C=CCC(O)CN.[H-].[H-].[Na+].[Na+]. The molecule has 0 radical (unpaired) electrons. The van der Waals surface area contributed by atoms with Crippen LogP contribution in [0.4, 0.5) is 0 Å². The molecule has 0 aliphatic heterocycles. The van der Waals surface area contributed by atoms with Crippen LogP contribution in [0.5, 0.6) is 0 Å². The van der Waals surface area contributed by atoms with Gasteiger partial charge in [-0.25, -0.2) is 0 Å². The Morgan fingerprint density at radius 3 is 2.22 bits per heavy atom. The molecule has 1 unspecified atom stereocenters. The summed E-state index contributed by atoms with van der Waals surface area (Å²) in [6, 6.07) is 0. The number of aliphatic hydroxyl groups is 1. The third kappa shape index (κ3) is 12.8. The molecule has 0 aromatic rings. The first-order valence-corrected chi connectivity index (χ1v) is 2.30. The van der Waals surface area contributed by atoms with Gasteiger partial charge in [0.1, 0.15) is 0 Å². The van der Waals surface area contributed by atoms with Crippen LogP contribution in [0.3, 0.4) is 0 Å². The second-order valence-corrected chi connectivity index (χ2v) is 1.41. The summed E-state index contributed by atoms with van der Waals surface area (Å²) < 4.78 is 0. The van der Waals surface area contributed by atoms with Crippen molar-refractivity contribution in [1.82, 2.24) is 0 Å². The maximum Gasteiger partial charge on any atom is 1.00 e. The molecule has 0 aromatic heterocycles. The average molecular weight is 149 g/mol. The first kappa shape index (κ1) is 17.0. The summed E-state index contributed by atoms with van der Waals surface area (Å²) in [6.07, 6.45) is 1.85. The Kier molecular flexibility index (Phi) is 23.3. The molecule has 46 valence electrons. The minimum Gasteiger partial charge on any atom is -1.00 e. The summed E-state index contributed by atoms with van der Waals surface area (Å²) in [5, 5.41) is 8.66. The van der Waals surface area contributed by atoms with E-state index in [0.717, 1.165) is 0 Å². The Bertz CT molecular complexity index is 68.4. The molecule has 0 fully saturated rings. The van der Waals surface area contributed by atoms with Crippen LogP contribution in [0.15, 0.2) is 12.7 Å². The molecule has 0 saturated heterocycles. The van der Waals surface area contributed by atoms with Crippen LogP contribution in [0.1, 0.15) is 9.27 Å². The average Bonchev–Trinajstić information content (AvgIpc) is 1.68. The molecule has 0 bridgehead atoms.